The van der Waals surface area contributed by atoms with Crippen LogP contribution >= 0.6 is 11.6 Å². The van der Waals surface area contributed by atoms with Crippen molar-refractivity contribution in [3.05, 3.63) is 17.8 Å². The van der Waals surface area contributed by atoms with Crippen molar-refractivity contribution in [1.82, 2.24) is 10.2 Å². The van der Waals surface area contributed by atoms with E-state index < -0.39 is 11.9 Å². The molecule has 1 aromatic heterocycles. The smallest absolute Gasteiger partial charge is 0.377 e. The number of halogens is 4. The Kier molecular flexibility index (Phi) is 5.04. The average molecular weight is 310 g/mol. The summed E-state index contributed by atoms with van der Waals surface area (Å²) in [7, 11) is 0. The molecule has 0 bridgehead atoms. The highest BCUT2D eigenvalue weighted by atomic mass is 35.5. The minimum atomic E-state index is -4.45. The van der Waals surface area contributed by atoms with Gasteiger partial charge in [0.2, 0.25) is 0 Å². The maximum absolute atomic E-state index is 12.4. The summed E-state index contributed by atoms with van der Waals surface area (Å²) in [6.07, 6.45) is -2.68. The zero-order valence-corrected chi connectivity index (χ0v) is 11.5. The molecule has 2 rings (SSSR count). The molecule has 0 spiro atoms. The predicted molar refractivity (Wildman–Crippen MR) is 68.9 cm³/mol. The summed E-state index contributed by atoms with van der Waals surface area (Å²) in [6.45, 7) is 1.90. The van der Waals surface area contributed by atoms with Gasteiger partial charge in [0.15, 0.2) is 11.5 Å². The Morgan fingerprint density at radius 3 is 2.45 bits per heavy atom. The maximum atomic E-state index is 12.4. The number of piperidine rings is 1. The van der Waals surface area contributed by atoms with E-state index in [1.165, 1.54) is 6.07 Å². The molecule has 20 heavy (non-hydrogen) atoms. The summed E-state index contributed by atoms with van der Waals surface area (Å²) in [5.41, 5.74) is -0.971. The minimum absolute atomic E-state index is 0.160. The van der Waals surface area contributed by atoms with Crippen LogP contribution < -0.4 is 4.90 Å². The zero-order valence-electron chi connectivity index (χ0n) is 10.7. The first-order valence-electron chi connectivity index (χ1n) is 6.34. The van der Waals surface area contributed by atoms with Crippen LogP contribution in [0.15, 0.2) is 12.1 Å². The van der Waals surface area contributed by atoms with Crippen molar-refractivity contribution in [3.8, 4) is 0 Å². The van der Waals surface area contributed by atoms with E-state index in [-0.39, 0.29) is 6.10 Å². The van der Waals surface area contributed by atoms with Crippen LogP contribution in [0, 0.1) is 0 Å². The van der Waals surface area contributed by atoms with Crippen LogP contribution in [-0.2, 0) is 10.9 Å². The Bertz CT molecular complexity index is 419. The van der Waals surface area contributed by atoms with E-state index >= 15 is 0 Å². The second kappa shape index (κ2) is 6.58. The van der Waals surface area contributed by atoms with Gasteiger partial charge in [0.05, 0.1) is 12.7 Å². The predicted octanol–water partition coefficient (Wildman–Crippen LogP) is 2.72. The Labute approximate surface area is 119 Å². The number of nitrogens with zero attached hydrogens (tertiary/aromatic N) is 3. The van der Waals surface area contributed by atoms with Crippen LogP contribution in [0.5, 0.6) is 0 Å². The Morgan fingerprint density at radius 1 is 1.25 bits per heavy atom. The molecule has 4 nitrogen and oxygen atoms in total. The number of aromatic nitrogens is 2. The average Bonchev–Trinajstić information content (AvgIpc) is 2.45. The summed E-state index contributed by atoms with van der Waals surface area (Å²) in [5, 5.41) is 6.88. The number of anilines is 1. The van der Waals surface area contributed by atoms with Crippen LogP contribution in [0.25, 0.3) is 0 Å². The molecule has 1 fully saturated rings. The summed E-state index contributed by atoms with van der Waals surface area (Å²) >= 11 is 5.55. The van der Waals surface area contributed by atoms with Crippen molar-refractivity contribution in [3.63, 3.8) is 0 Å². The molecule has 1 saturated heterocycles. The molecule has 0 aromatic carbocycles. The number of rotatable bonds is 4. The molecule has 0 saturated carbocycles. The monoisotopic (exact) mass is 309 g/mol. The first-order chi connectivity index (χ1) is 9.50. The highest BCUT2D eigenvalue weighted by Gasteiger charge is 2.33. The molecule has 2 heterocycles. The summed E-state index contributed by atoms with van der Waals surface area (Å²) < 4.78 is 42.7. The van der Waals surface area contributed by atoms with Crippen molar-refractivity contribution >= 4 is 17.4 Å². The minimum Gasteiger partial charge on any atom is -0.377 e. The Morgan fingerprint density at radius 2 is 1.95 bits per heavy atom. The van der Waals surface area contributed by atoms with Crippen LogP contribution in [-0.4, -0.2) is 41.9 Å². The Hall–Kier alpha value is -1.08. The van der Waals surface area contributed by atoms with Gasteiger partial charge in [0.25, 0.3) is 0 Å². The highest BCUT2D eigenvalue weighted by Crippen LogP contribution is 2.28. The molecule has 0 amide bonds. The summed E-state index contributed by atoms with van der Waals surface area (Å²) in [6, 6.07) is 2.31. The van der Waals surface area contributed by atoms with Gasteiger partial charge >= 0.3 is 6.18 Å². The molecule has 1 aliphatic rings. The number of alkyl halides is 4. The van der Waals surface area contributed by atoms with Gasteiger partial charge in [-0.1, -0.05) is 0 Å². The fourth-order valence-corrected chi connectivity index (χ4v) is 2.20. The van der Waals surface area contributed by atoms with E-state index in [9.17, 15) is 13.2 Å². The largest absolute Gasteiger partial charge is 0.435 e. The van der Waals surface area contributed by atoms with Crippen molar-refractivity contribution < 1.29 is 17.9 Å². The molecule has 1 aromatic rings. The third-order valence-corrected chi connectivity index (χ3v) is 3.29. The fraction of sp³-hybridized carbons (Fsp3) is 0.667. The van der Waals surface area contributed by atoms with Gasteiger partial charge in [-0.2, -0.15) is 13.2 Å². The van der Waals surface area contributed by atoms with Crippen molar-refractivity contribution in [1.29, 1.82) is 0 Å². The zero-order chi connectivity index (χ0) is 14.6. The third-order valence-electron chi connectivity index (χ3n) is 3.14. The summed E-state index contributed by atoms with van der Waals surface area (Å²) in [5.74, 6) is 0.929. The van der Waals surface area contributed by atoms with Gasteiger partial charge in [0, 0.05) is 19.0 Å². The lowest BCUT2D eigenvalue weighted by molar-refractivity contribution is -0.141. The molecule has 0 unspecified atom stereocenters. The number of ether oxygens (including phenoxy) is 1. The van der Waals surface area contributed by atoms with Crippen molar-refractivity contribution in [2.75, 3.05) is 30.5 Å². The lowest BCUT2D eigenvalue weighted by Crippen LogP contribution is -2.37. The van der Waals surface area contributed by atoms with Crippen LogP contribution in [0.2, 0.25) is 0 Å². The fourth-order valence-electron chi connectivity index (χ4n) is 2.11. The van der Waals surface area contributed by atoms with Gasteiger partial charge in [-0.15, -0.1) is 21.8 Å². The van der Waals surface area contributed by atoms with Gasteiger partial charge in [-0.05, 0) is 25.0 Å². The van der Waals surface area contributed by atoms with Crippen molar-refractivity contribution in [2.45, 2.75) is 25.1 Å². The highest BCUT2D eigenvalue weighted by molar-refractivity contribution is 6.17. The Balaban J connectivity index is 1.90. The topological polar surface area (TPSA) is 38.2 Å². The molecule has 0 atom stereocenters. The maximum Gasteiger partial charge on any atom is 0.435 e. The standard InChI is InChI=1S/C12H15ClF3N3O/c13-5-8-20-9-3-6-19(7-4-9)11-2-1-10(17-18-11)12(14,15)16/h1-2,9H,3-8H2. The second-order valence-electron chi connectivity index (χ2n) is 4.52. The van der Waals surface area contributed by atoms with Crippen LogP contribution in [0.1, 0.15) is 18.5 Å². The molecular formula is C12H15ClF3N3O. The molecule has 0 N–H and O–H groups in total. The first-order valence-corrected chi connectivity index (χ1v) is 6.87. The lowest BCUT2D eigenvalue weighted by Gasteiger charge is -2.32. The van der Waals surface area contributed by atoms with Gasteiger partial charge in [-0.3, -0.25) is 0 Å². The SMILES string of the molecule is FC(F)(F)c1ccc(N2CCC(OCCCl)CC2)nn1. The molecular weight excluding hydrogens is 295 g/mol. The van der Waals surface area contributed by atoms with E-state index in [0.717, 1.165) is 18.9 Å². The van der Waals surface area contributed by atoms with E-state index in [4.69, 9.17) is 16.3 Å². The number of hydrogen-bond donors (Lipinski definition) is 0. The van der Waals surface area contributed by atoms with Crippen molar-refractivity contribution in [2.24, 2.45) is 0 Å². The van der Waals surface area contributed by atoms with E-state index in [1.807, 2.05) is 4.90 Å². The van der Waals surface area contributed by atoms with Crippen LogP contribution in [0.3, 0.4) is 0 Å². The van der Waals surface area contributed by atoms with E-state index in [0.29, 0.717) is 31.4 Å². The van der Waals surface area contributed by atoms with E-state index in [1.54, 1.807) is 0 Å². The third kappa shape index (κ3) is 3.96. The lowest BCUT2D eigenvalue weighted by atomic mass is 10.1. The number of hydrogen-bond acceptors (Lipinski definition) is 4. The van der Waals surface area contributed by atoms with E-state index in [2.05, 4.69) is 10.2 Å². The van der Waals surface area contributed by atoms with Gasteiger partial charge in [-0.25, -0.2) is 0 Å². The summed E-state index contributed by atoms with van der Waals surface area (Å²) in [4.78, 5) is 1.91. The molecule has 0 radical (unpaired) electrons. The quantitative estimate of drug-likeness (QED) is 0.802. The molecule has 0 aliphatic carbocycles. The second-order valence-corrected chi connectivity index (χ2v) is 4.90. The normalized spacial score (nSPS) is 17.5. The molecule has 112 valence electrons. The van der Waals surface area contributed by atoms with Crippen LogP contribution in [0.4, 0.5) is 19.0 Å². The van der Waals surface area contributed by atoms with Gasteiger partial charge in [0.1, 0.15) is 0 Å². The molecule has 1 aliphatic heterocycles. The first kappa shape index (κ1) is 15.3. The molecule has 8 heteroatoms. The van der Waals surface area contributed by atoms with Gasteiger partial charge < -0.3 is 9.64 Å².